The second kappa shape index (κ2) is 16.3. The molecule has 12 rings (SSSR count). The van der Waals surface area contributed by atoms with Crippen molar-refractivity contribution >= 4 is 74.4 Å². The highest BCUT2D eigenvalue weighted by Gasteiger charge is 2.32. The van der Waals surface area contributed by atoms with Gasteiger partial charge in [-0.3, -0.25) is 9.97 Å². The van der Waals surface area contributed by atoms with Crippen molar-refractivity contribution in [3.05, 3.63) is 172 Å². The van der Waals surface area contributed by atoms with Crippen LogP contribution in [0.5, 0.6) is 5.75 Å². The number of aromatic nitrogens is 8. The smallest absolute Gasteiger partial charge is 0.337 e. The number of nitrogens with one attached hydrogen (secondary N) is 4. The maximum absolute atomic E-state index is 12.3. The summed E-state index contributed by atoms with van der Waals surface area (Å²) in [7, 11) is 3.12. The van der Waals surface area contributed by atoms with Gasteiger partial charge in [0.25, 0.3) is 0 Å². The summed E-state index contributed by atoms with van der Waals surface area (Å²) in [4.78, 5) is 47.6. The Kier molecular flexibility index (Phi) is 9.96. The summed E-state index contributed by atoms with van der Waals surface area (Å²) in [6.07, 6.45) is 9.64. The van der Waals surface area contributed by atoms with Crippen LogP contribution in [0.2, 0.25) is 0 Å². The molecule has 0 amide bonds. The van der Waals surface area contributed by atoms with E-state index in [1.807, 2.05) is 30.4 Å². The van der Waals surface area contributed by atoms with E-state index in [2.05, 4.69) is 151 Å². The van der Waals surface area contributed by atoms with Crippen molar-refractivity contribution in [1.29, 1.82) is 0 Å². The summed E-state index contributed by atoms with van der Waals surface area (Å²) in [5.74, 6) is 0.326. The van der Waals surface area contributed by atoms with E-state index in [9.17, 15) is 4.79 Å². The number of methoxy groups -OCH3 is 2. The molecule has 11 nitrogen and oxygen atoms in total. The number of nitrogens with zero attached hydrogens (tertiary/aromatic N) is 4. The zero-order valence-corrected chi connectivity index (χ0v) is 39.8. The molecule has 16 bridgehead atoms. The first kappa shape index (κ1) is 42.8. The van der Waals surface area contributed by atoms with Gasteiger partial charge >= 0.3 is 5.97 Å². The Morgan fingerprint density at radius 3 is 1.80 bits per heavy atom. The van der Waals surface area contributed by atoms with Crippen molar-refractivity contribution in [2.75, 3.05) is 14.2 Å². The average molecular weight is 919 g/mol. The van der Waals surface area contributed by atoms with Gasteiger partial charge in [-0.2, -0.15) is 0 Å². The number of ether oxygens (including phenoxy) is 2. The van der Waals surface area contributed by atoms with Gasteiger partial charge in [-0.05, 0) is 126 Å². The topological polar surface area (TPSA) is 150 Å². The molecule has 4 aliphatic heterocycles. The van der Waals surface area contributed by atoms with Crippen LogP contribution in [0, 0.1) is 0 Å². The van der Waals surface area contributed by atoms with Gasteiger partial charge < -0.3 is 29.4 Å². The molecule has 11 heteroatoms. The van der Waals surface area contributed by atoms with Gasteiger partial charge in [0.05, 0.1) is 53.8 Å². The maximum Gasteiger partial charge on any atom is 0.337 e. The van der Waals surface area contributed by atoms with Gasteiger partial charge in [-0.1, -0.05) is 64.1 Å². The molecule has 0 unspecified atom stereocenters. The molecule has 0 saturated carbocycles. The molecule has 0 fully saturated rings. The largest absolute Gasteiger partial charge is 0.493 e. The molecule has 0 saturated heterocycles. The Balaban J connectivity index is 1.03. The number of hydrogen-bond donors (Lipinski definition) is 4. The number of rotatable bonds is 5. The first-order valence-corrected chi connectivity index (χ1v) is 23.5. The number of carbonyl (C=O) groups is 1. The highest BCUT2D eigenvalue weighted by molar-refractivity contribution is 5.95. The summed E-state index contributed by atoms with van der Waals surface area (Å²) >= 11 is 0. The van der Waals surface area contributed by atoms with Crippen LogP contribution < -0.4 is 4.74 Å². The van der Waals surface area contributed by atoms with Gasteiger partial charge in [0.1, 0.15) is 0 Å². The minimum absolute atomic E-state index is 0.247. The Labute approximate surface area is 404 Å². The van der Waals surface area contributed by atoms with Crippen LogP contribution in [0.25, 0.3) is 102 Å². The number of aromatic amines is 4. The van der Waals surface area contributed by atoms with Crippen molar-refractivity contribution in [2.24, 2.45) is 0 Å². The van der Waals surface area contributed by atoms with Crippen molar-refractivity contribution < 1.29 is 14.3 Å². The molecule has 4 N–H and O–H groups in total. The van der Waals surface area contributed by atoms with E-state index in [4.69, 9.17) is 29.4 Å². The van der Waals surface area contributed by atoms with Gasteiger partial charge in [-0.25, -0.2) is 14.8 Å². The van der Waals surface area contributed by atoms with Crippen molar-refractivity contribution in [3.8, 4) is 39.1 Å². The van der Waals surface area contributed by atoms with E-state index < -0.39 is 0 Å². The Morgan fingerprint density at radius 1 is 0.514 bits per heavy atom. The Bertz CT molecular complexity index is 3880. The molecule has 0 atom stereocenters. The second-order valence-corrected chi connectivity index (χ2v) is 19.8. The number of H-pyrrole nitrogens is 4. The fourth-order valence-corrected chi connectivity index (χ4v) is 10.1. The SMILES string of the molecule is COC(=O)c1ccc(-c2cc3cc4nc(c(OC)c5[nH]c(cc6nc(cc2[nH]3)CC6(C)C)cc5-c2ccc(-c3c5nc(cc6ccc(cc7nc(cc8ccc3[nH]8)C=C7)[nH]6)C=C5)cc2)CC4(C)C)cc1. The minimum atomic E-state index is -0.368. The Morgan fingerprint density at radius 2 is 1.09 bits per heavy atom. The molecule has 10 heterocycles. The number of benzene rings is 2. The van der Waals surface area contributed by atoms with Gasteiger partial charge in [0.2, 0.25) is 0 Å². The molecule has 4 aliphatic rings. The Hall–Kier alpha value is -8.57. The van der Waals surface area contributed by atoms with Crippen molar-refractivity contribution in [2.45, 2.75) is 51.4 Å². The molecule has 8 aromatic rings. The van der Waals surface area contributed by atoms with Gasteiger partial charge in [-0.15, -0.1) is 0 Å². The fraction of sp³-hybridized carbons (Fsp3) is 0.169. The molecule has 344 valence electrons. The van der Waals surface area contributed by atoms with Crippen LogP contribution in [-0.4, -0.2) is 60.1 Å². The molecule has 0 spiro atoms. The normalized spacial score (nSPS) is 14.5. The van der Waals surface area contributed by atoms with Crippen molar-refractivity contribution in [1.82, 2.24) is 39.9 Å². The lowest BCUT2D eigenvalue weighted by Crippen LogP contribution is -2.15. The van der Waals surface area contributed by atoms with E-state index in [0.717, 1.165) is 129 Å². The van der Waals surface area contributed by atoms with E-state index in [1.165, 1.54) is 7.11 Å². The highest BCUT2D eigenvalue weighted by Crippen LogP contribution is 2.41. The third kappa shape index (κ3) is 7.79. The summed E-state index contributed by atoms with van der Waals surface area (Å²) in [5.41, 5.74) is 20.7. The lowest BCUT2D eigenvalue weighted by Gasteiger charge is -2.16. The lowest BCUT2D eigenvalue weighted by molar-refractivity contribution is 0.0600. The number of carbonyl (C=O) groups excluding carboxylic acids is 1. The molecule has 70 heavy (non-hydrogen) atoms. The summed E-state index contributed by atoms with van der Waals surface area (Å²) in [5, 5.41) is 0. The molecular formula is C59H50N8O3. The van der Waals surface area contributed by atoms with Crippen LogP contribution in [0.3, 0.4) is 0 Å². The molecule has 0 radical (unpaired) electrons. The molecule has 6 aromatic heterocycles. The lowest BCUT2D eigenvalue weighted by atomic mass is 9.86. The van der Waals surface area contributed by atoms with Crippen LogP contribution in [0.15, 0.2) is 121 Å². The van der Waals surface area contributed by atoms with Gasteiger partial charge in [0.15, 0.2) is 5.75 Å². The van der Waals surface area contributed by atoms with Crippen LogP contribution in [0.4, 0.5) is 0 Å². The number of esters is 1. The monoisotopic (exact) mass is 918 g/mol. The van der Waals surface area contributed by atoms with Gasteiger partial charge in [0, 0.05) is 96.1 Å². The zero-order valence-electron chi connectivity index (χ0n) is 39.8. The predicted molar refractivity (Wildman–Crippen MR) is 281 cm³/mol. The van der Waals surface area contributed by atoms with Crippen LogP contribution in [-0.2, 0) is 28.4 Å². The van der Waals surface area contributed by atoms with Crippen LogP contribution in [0.1, 0.15) is 83.6 Å². The van der Waals surface area contributed by atoms with Crippen molar-refractivity contribution in [3.63, 3.8) is 0 Å². The minimum Gasteiger partial charge on any atom is -0.493 e. The number of hydrogen-bond acceptors (Lipinski definition) is 7. The second-order valence-electron chi connectivity index (χ2n) is 19.8. The standard InChI is InChI=1S/C59H50N8O3/c1-58(2)31-45-28-50-46(33-9-13-36(14-10-33)57(68)70-6)26-43(64-50)29-53-59(3,4)32-51(67-53)56(69-5)55-47(27-44(66-55)30-52(58)65-45)34-7-11-35(12-8-34)54-48-21-19-41(62-48)24-39-17-15-37(60-39)23-38-16-18-40(61-38)25-42-20-22-49(54)63-42/h7-30,60,63-64,66H,31-32H2,1-6H3. The zero-order chi connectivity index (χ0) is 47.9. The van der Waals surface area contributed by atoms with E-state index in [0.29, 0.717) is 17.7 Å². The summed E-state index contributed by atoms with van der Waals surface area (Å²) in [6, 6.07) is 41.6. The molecule has 0 aliphatic carbocycles. The third-order valence-electron chi connectivity index (χ3n) is 13.8. The first-order valence-electron chi connectivity index (χ1n) is 23.5. The molecule has 2 aromatic carbocycles. The van der Waals surface area contributed by atoms with E-state index >= 15 is 0 Å². The fourth-order valence-electron chi connectivity index (χ4n) is 10.1. The third-order valence-corrected chi connectivity index (χ3v) is 13.8. The van der Waals surface area contributed by atoms with Crippen LogP contribution >= 0.6 is 0 Å². The maximum atomic E-state index is 12.3. The predicted octanol–water partition coefficient (Wildman–Crippen LogP) is 13.1. The molecular weight excluding hydrogens is 869 g/mol. The summed E-state index contributed by atoms with van der Waals surface area (Å²) < 4.78 is 11.4. The highest BCUT2D eigenvalue weighted by atomic mass is 16.5. The quantitative estimate of drug-likeness (QED) is 0.126. The summed E-state index contributed by atoms with van der Waals surface area (Å²) in [6.45, 7) is 8.92. The number of fused-ring (bicyclic) bond motifs is 16. The van der Waals surface area contributed by atoms with E-state index in [-0.39, 0.29) is 16.8 Å². The van der Waals surface area contributed by atoms with E-state index in [1.54, 1.807) is 19.2 Å². The average Bonchev–Trinajstić information content (AvgIpc) is 4.22. The first-order chi connectivity index (χ1) is 33.8.